The second kappa shape index (κ2) is 7.54. The van der Waals surface area contributed by atoms with Gasteiger partial charge in [0, 0.05) is 29.2 Å². The van der Waals surface area contributed by atoms with Crippen LogP contribution in [0.25, 0.3) is 10.9 Å². The van der Waals surface area contributed by atoms with Crippen molar-refractivity contribution in [2.24, 2.45) is 0 Å². The third-order valence-corrected chi connectivity index (χ3v) is 6.41. The molecule has 2 heterocycles. The number of hydrogen-bond donors (Lipinski definition) is 2. The van der Waals surface area contributed by atoms with Gasteiger partial charge in [-0.1, -0.05) is 49.6 Å². The van der Waals surface area contributed by atoms with Crippen molar-refractivity contribution in [3.8, 4) is 0 Å². The first-order valence-electron chi connectivity index (χ1n) is 10.6. The van der Waals surface area contributed by atoms with E-state index in [4.69, 9.17) is 0 Å². The lowest BCUT2D eigenvalue weighted by Crippen LogP contribution is -2.49. The fourth-order valence-corrected chi connectivity index (χ4v) is 4.96. The molecule has 1 aliphatic heterocycles. The quantitative estimate of drug-likeness (QED) is 0.612. The number of carbonyl (C=O) groups excluding carboxylic acids is 1. The molecule has 1 fully saturated rings. The summed E-state index contributed by atoms with van der Waals surface area (Å²) in [5, 5.41) is 4.47. The van der Waals surface area contributed by atoms with Crippen LogP contribution >= 0.6 is 0 Å². The Morgan fingerprint density at radius 3 is 2.59 bits per heavy atom. The van der Waals surface area contributed by atoms with Gasteiger partial charge >= 0.3 is 6.03 Å². The summed E-state index contributed by atoms with van der Waals surface area (Å²) in [5.41, 5.74) is 4.32. The molecule has 0 saturated heterocycles. The number of hydrogen-bond acceptors (Lipinski definition) is 1. The fraction of sp³-hybridized carbons (Fsp3) is 0.375. The summed E-state index contributed by atoms with van der Waals surface area (Å²) < 4.78 is 13.6. The Balaban J connectivity index is 1.53. The highest BCUT2D eigenvalue weighted by molar-refractivity contribution is 5.86. The normalized spacial score (nSPS) is 19.9. The first-order valence-corrected chi connectivity index (χ1v) is 10.6. The van der Waals surface area contributed by atoms with Crippen LogP contribution in [0.15, 0.2) is 48.5 Å². The molecular weight excluding hydrogens is 365 g/mol. The lowest BCUT2D eigenvalue weighted by Gasteiger charge is -2.37. The molecule has 1 aliphatic carbocycles. The molecule has 0 unspecified atom stereocenters. The number of para-hydroxylation sites is 1. The molecule has 5 rings (SSSR count). The highest BCUT2D eigenvalue weighted by Crippen LogP contribution is 2.38. The van der Waals surface area contributed by atoms with Crippen molar-refractivity contribution in [3.63, 3.8) is 0 Å². The summed E-state index contributed by atoms with van der Waals surface area (Å²) in [6, 6.07) is 14.8. The summed E-state index contributed by atoms with van der Waals surface area (Å²) in [6.07, 6.45) is 6.54. The summed E-state index contributed by atoms with van der Waals surface area (Å²) in [6.45, 7) is 0.648. The van der Waals surface area contributed by atoms with Gasteiger partial charge in [0.2, 0.25) is 0 Å². The van der Waals surface area contributed by atoms with Crippen LogP contribution in [0.4, 0.5) is 9.18 Å². The minimum Gasteiger partial charge on any atom is -0.356 e. The van der Waals surface area contributed by atoms with Gasteiger partial charge in [0.05, 0.1) is 6.04 Å². The second-order valence-corrected chi connectivity index (χ2v) is 8.24. The van der Waals surface area contributed by atoms with Crippen LogP contribution in [0.5, 0.6) is 0 Å². The number of aromatic amines is 1. The molecule has 4 nitrogen and oxygen atoms in total. The van der Waals surface area contributed by atoms with Crippen molar-refractivity contribution < 1.29 is 9.18 Å². The molecule has 0 bridgehead atoms. The van der Waals surface area contributed by atoms with Crippen LogP contribution in [0.2, 0.25) is 0 Å². The van der Waals surface area contributed by atoms with Crippen LogP contribution < -0.4 is 5.32 Å². The van der Waals surface area contributed by atoms with E-state index in [0.29, 0.717) is 6.54 Å². The van der Waals surface area contributed by atoms with E-state index in [0.717, 1.165) is 36.0 Å². The molecule has 3 aromatic rings. The number of aromatic nitrogens is 1. The first kappa shape index (κ1) is 18.2. The van der Waals surface area contributed by atoms with Gasteiger partial charge in [-0.25, -0.2) is 9.18 Å². The van der Waals surface area contributed by atoms with Gasteiger partial charge in [-0.15, -0.1) is 0 Å². The average molecular weight is 391 g/mol. The van der Waals surface area contributed by atoms with Crippen molar-refractivity contribution in [3.05, 3.63) is 71.2 Å². The SMILES string of the molecule is O=C(NC1CCCCC1)N1CCc2c([nH]c3ccccc23)[C@H]1c1ccc(F)cc1. The Bertz CT molecular complexity index is 1020. The maximum Gasteiger partial charge on any atom is 0.318 e. The summed E-state index contributed by atoms with van der Waals surface area (Å²) >= 11 is 0. The summed E-state index contributed by atoms with van der Waals surface area (Å²) in [7, 11) is 0. The number of nitrogens with one attached hydrogen (secondary N) is 2. The van der Waals surface area contributed by atoms with Crippen LogP contribution in [0.1, 0.15) is 55.0 Å². The monoisotopic (exact) mass is 391 g/mol. The molecule has 1 aromatic heterocycles. The molecule has 2 aliphatic rings. The van der Waals surface area contributed by atoms with E-state index >= 15 is 0 Å². The van der Waals surface area contributed by atoms with Gasteiger partial charge in [0.15, 0.2) is 0 Å². The van der Waals surface area contributed by atoms with E-state index in [1.54, 1.807) is 12.1 Å². The molecule has 2 amide bonds. The molecule has 5 heteroatoms. The number of nitrogens with zero attached hydrogens (tertiary/aromatic N) is 1. The molecule has 150 valence electrons. The topological polar surface area (TPSA) is 48.1 Å². The summed E-state index contributed by atoms with van der Waals surface area (Å²) in [5.74, 6) is -0.264. The van der Waals surface area contributed by atoms with Gasteiger partial charge < -0.3 is 15.2 Å². The minimum atomic E-state index is -0.264. The Morgan fingerprint density at radius 1 is 1.03 bits per heavy atom. The van der Waals surface area contributed by atoms with Gasteiger partial charge in [-0.3, -0.25) is 0 Å². The fourth-order valence-electron chi connectivity index (χ4n) is 4.96. The molecule has 29 heavy (non-hydrogen) atoms. The van der Waals surface area contributed by atoms with Crippen molar-refractivity contribution in [2.45, 2.75) is 50.6 Å². The summed E-state index contributed by atoms with van der Waals surface area (Å²) in [4.78, 5) is 18.7. The molecular formula is C24H26FN3O. The second-order valence-electron chi connectivity index (χ2n) is 8.24. The van der Waals surface area contributed by atoms with Crippen molar-refractivity contribution in [2.75, 3.05) is 6.54 Å². The molecule has 0 spiro atoms. The van der Waals surface area contributed by atoms with E-state index in [2.05, 4.69) is 22.4 Å². The van der Waals surface area contributed by atoms with Gasteiger partial charge in [-0.2, -0.15) is 0 Å². The number of urea groups is 1. The number of amides is 2. The van der Waals surface area contributed by atoms with Crippen LogP contribution in [0, 0.1) is 5.82 Å². The highest BCUT2D eigenvalue weighted by Gasteiger charge is 2.35. The van der Waals surface area contributed by atoms with E-state index in [9.17, 15) is 9.18 Å². The molecule has 1 atom stereocenters. The zero-order valence-electron chi connectivity index (χ0n) is 16.5. The Hall–Kier alpha value is -2.82. The van der Waals surface area contributed by atoms with Gasteiger partial charge in [-0.05, 0) is 48.6 Å². The maximum absolute atomic E-state index is 13.6. The van der Waals surface area contributed by atoms with E-state index in [1.165, 1.54) is 42.3 Å². The van der Waals surface area contributed by atoms with Crippen LogP contribution in [-0.4, -0.2) is 28.5 Å². The molecule has 2 aromatic carbocycles. The van der Waals surface area contributed by atoms with E-state index in [1.807, 2.05) is 17.0 Å². The highest BCUT2D eigenvalue weighted by atomic mass is 19.1. The van der Waals surface area contributed by atoms with Crippen molar-refractivity contribution in [1.29, 1.82) is 0 Å². The van der Waals surface area contributed by atoms with Crippen molar-refractivity contribution >= 4 is 16.9 Å². The average Bonchev–Trinajstić information content (AvgIpc) is 3.13. The predicted octanol–water partition coefficient (Wildman–Crippen LogP) is 5.30. The van der Waals surface area contributed by atoms with Gasteiger partial charge in [0.1, 0.15) is 5.82 Å². The Morgan fingerprint density at radius 2 is 1.79 bits per heavy atom. The smallest absolute Gasteiger partial charge is 0.318 e. The van der Waals surface area contributed by atoms with Gasteiger partial charge in [0.25, 0.3) is 0 Å². The van der Waals surface area contributed by atoms with Crippen LogP contribution in [-0.2, 0) is 6.42 Å². The first-order chi connectivity index (χ1) is 14.2. The molecule has 0 radical (unpaired) electrons. The maximum atomic E-state index is 13.6. The molecule has 1 saturated carbocycles. The lowest BCUT2D eigenvalue weighted by molar-refractivity contribution is 0.172. The van der Waals surface area contributed by atoms with Crippen molar-refractivity contribution in [1.82, 2.24) is 15.2 Å². The predicted molar refractivity (Wildman–Crippen MR) is 112 cm³/mol. The zero-order chi connectivity index (χ0) is 19.8. The van der Waals surface area contributed by atoms with E-state index in [-0.39, 0.29) is 23.9 Å². The number of rotatable bonds is 2. The van der Waals surface area contributed by atoms with E-state index < -0.39 is 0 Å². The number of carbonyl (C=O) groups is 1. The minimum absolute atomic E-state index is 0.0180. The number of halogens is 1. The van der Waals surface area contributed by atoms with Crippen LogP contribution in [0.3, 0.4) is 0 Å². The molecule has 2 N–H and O–H groups in total. The third kappa shape index (κ3) is 3.39. The Labute approximate surface area is 170 Å². The third-order valence-electron chi connectivity index (χ3n) is 6.41. The standard InChI is InChI=1S/C24H26FN3O/c25-17-12-10-16(11-13-17)23-22-20(19-8-4-5-9-21(19)27-22)14-15-28(23)24(29)26-18-6-2-1-3-7-18/h4-5,8-13,18,23,27H,1-3,6-7,14-15H2,(H,26,29)/t23-/m1/s1. The number of H-pyrrole nitrogens is 1. The Kier molecular flexibility index (Phi) is 4.74. The zero-order valence-corrected chi connectivity index (χ0v) is 16.5. The number of fused-ring (bicyclic) bond motifs is 3. The largest absolute Gasteiger partial charge is 0.356 e. The number of benzene rings is 2. The lowest BCUT2D eigenvalue weighted by atomic mass is 9.92.